The molecule has 2 N–H and O–H groups in total. The van der Waals surface area contributed by atoms with Crippen LogP contribution in [0.15, 0.2) is 12.5 Å². The van der Waals surface area contributed by atoms with E-state index < -0.39 is 0 Å². The van der Waals surface area contributed by atoms with Gasteiger partial charge in [0.05, 0.1) is 30.0 Å². The highest BCUT2D eigenvalue weighted by Gasteiger charge is 2.05. The number of rotatable bonds is 5. The minimum Gasteiger partial charge on any atom is -0.347 e. The summed E-state index contributed by atoms with van der Waals surface area (Å²) < 4.78 is 0. The van der Waals surface area contributed by atoms with Gasteiger partial charge in [0, 0.05) is 6.20 Å². The predicted molar refractivity (Wildman–Crippen MR) is 64.5 cm³/mol. The number of aromatic amines is 1. The van der Waals surface area contributed by atoms with Crippen LogP contribution < -0.4 is 5.32 Å². The molecule has 2 aromatic rings. The van der Waals surface area contributed by atoms with Gasteiger partial charge in [0.25, 0.3) is 0 Å². The molecular weight excluding hydrogens is 216 g/mol. The smallest absolute Gasteiger partial charge is 0.243 e. The lowest BCUT2D eigenvalue weighted by atomic mass is 10.2. The average Bonchev–Trinajstić information content (AvgIpc) is 2.89. The van der Waals surface area contributed by atoms with Crippen molar-refractivity contribution in [3.63, 3.8) is 0 Å². The third-order valence-corrected chi connectivity index (χ3v) is 2.50. The van der Waals surface area contributed by atoms with Crippen molar-refractivity contribution < 1.29 is 0 Å². The number of imidazole rings is 1. The summed E-state index contributed by atoms with van der Waals surface area (Å²) in [5, 5.41) is 11.3. The summed E-state index contributed by atoms with van der Waals surface area (Å²) in [5.74, 6) is 0.564. The molecule has 0 spiro atoms. The van der Waals surface area contributed by atoms with E-state index >= 15 is 0 Å². The Hall–Kier alpha value is -1.98. The first kappa shape index (κ1) is 11.5. The van der Waals surface area contributed by atoms with Gasteiger partial charge in [-0.1, -0.05) is 13.8 Å². The zero-order valence-corrected chi connectivity index (χ0v) is 10.1. The zero-order chi connectivity index (χ0) is 12.1. The van der Waals surface area contributed by atoms with E-state index in [1.165, 1.54) is 0 Å². The van der Waals surface area contributed by atoms with E-state index in [-0.39, 0.29) is 0 Å². The van der Waals surface area contributed by atoms with E-state index in [9.17, 15) is 0 Å². The van der Waals surface area contributed by atoms with Gasteiger partial charge < -0.3 is 10.3 Å². The van der Waals surface area contributed by atoms with Crippen LogP contribution in [0.25, 0.3) is 0 Å². The summed E-state index contributed by atoms with van der Waals surface area (Å²) in [6.07, 6.45) is 5.15. The number of aromatic nitrogens is 5. The average molecular weight is 232 g/mol. The number of H-pyrrole nitrogens is 1. The maximum absolute atomic E-state index is 4.44. The van der Waals surface area contributed by atoms with Crippen LogP contribution in [0, 0.1) is 0 Å². The molecule has 0 amide bonds. The van der Waals surface area contributed by atoms with Crippen molar-refractivity contribution in [2.45, 2.75) is 33.2 Å². The number of hydrogen-bond donors (Lipinski definition) is 2. The van der Waals surface area contributed by atoms with Crippen LogP contribution >= 0.6 is 0 Å². The minimum absolute atomic E-state index is 0.564. The summed E-state index contributed by atoms with van der Waals surface area (Å²) in [6.45, 7) is 4.75. The number of nitrogens with one attached hydrogen (secondary N) is 2. The zero-order valence-electron chi connectivity index (χ0n) is 10.1. The molecule has 6 heteroatoms. The van der Waals surface area contributed by atoms with E-state index in [0.717, 1.165) is 29.9 Å². The summed E-state index contributed by atoms with van der Waals surface area (Å²) in [6, 6.07) is 0. The van der Waals surface area contributed by atoms with Crippen LogP contribution in [0.1, 0.15) is 30.9 Å². The van der Waals surface area contributed by atoms with Crippen molar-refractivity contribution in [2.75, 3.05) is 5.32 Å². The standard InChI is InChI=1S/C11H16N6/c1-3-9-10(4-2)16-17-11(15-9)13-6-8-5-12-7-14-8/h5,7H,3-4,6H2,1-2H3,(H,12,14)(H,13,15,17). The molecule has 2 heterocycles. The molecular formula is C11H16N6. The third-order valence-electron chi connectivity index (χ3n) is 2.50. The fourth-order valence-corrected chi connectivity index (χ4v) is 1.57. The molecule has 0 aliphatic heterocycles. The molecule has 0 saturated carbocycles. The quantitative estimate of drug-likeness (QED) is 0.813. The van der Waals surface area contributed by atoms with E-state index in [1.807, 2.05) is 0 Å². The highest BCUT2D eigenvalue weighted by atomic mass is 15.2. The van der Waals surface area contributed by atoms with Crippen LogP contribution in [0.5, 0.6) is 0 Å². The lowest BCUT2D eigenvalue weighted by Gasteiger charge is -2.06. The van der Waals surface area contributed by atoms with Gasteiger partial charge in [-0.15, -0.1) is 5.10 Å². The molecule has 0 bridgehead atoms. The Balaban J connectivity index is 2.06. The number of hydrogen-bond acceptors (Lipinski definition) is 5. The van der Waals surface area contributed by atoms with Gasteiger partial charge in [0.1, 0.15) is 0 Å². The minimum atomic E-state index is 0.564. The summed E-state index contributed by atoms with van der Waals surface area (Å²) >= 11 is 0. The molecule has 17 heavy (non-hydrogen) atoms. The Morgan fingerprint density at radius 1 is 1.18 bits per heavy atom. The number of nitrogens with zero attached hydrogens (tertiary/aromatic N) is 4. The molecule has 2 aromatic heterocycles. The maximum Gasteiger partial charge on any atom is 0.243 e. The molecule has 90 valence electrons. The van der Waals surface area contributed by atoms with Crippen molar-refractivity contribution in [3.8, 4) is 0 Å². The summed E-state index contributed by atoms with van der Waals surface area (Å²) in [7, 11) is 0. The highest BCUT2D eigenvalue weighted by molar-refractivity contribution is 5.26. The van der Waals surface area contributed by atoms with Crippen LogP contribution in [0.2, 0.25) is 0 Å². The Kier molecular flexibility index (Phi) is 3.64. The van der Waals surface area contributed by atoms with Crippen molar-refractivity contribution in [1.82, 2.24) is 25.1 Å². The van der Waals surface area contributed by atoms with Gasteiger partial charge in [-0.3, -0.25) is 0 Å². The van der Waals surface area contributed by atoms with Gasteiger partial charge in [-0.2, -0.15) is 5.10 Å². The molecule has 0 radical (unpaired) electrons. The second kappa shape index (κ2) is 5.38. The summed E-state index contributed by atoms with van der Waals surface area (Å²) in [4.78, 5) is 11.4. The second-order valence-electron chi connectivity index (χ2n) is 3.67. The molecule has 2 rings (SSSR count). The van der Waals surface area contributed by atoms with E-state index in [1.54, 1.807) is 12.5 Å². The number of anilines is 1. The first-order chi connectivity index (χ1) is 8.33. The van der Waals surface area contributed by atoms with Crippen molar-refractivity contribution in [2.24, 2.45) is 0 Å². The monoisotopic (exact) mass is 232 g/mol. The van der Waals surface area contributed by atoms with Crippen molar-refractivity contribution in [3.05, 3.63) is 29.6 Å². The first-order valence-electron chi connectivity index (χ1n) is 5.77. The molecule has 0 fully saturated rings. The lowest BCUT2D eigenvalue weighted by molar-refractivity contribution is 0.818. The van der Waals surface area contributed by atoms with E-state index in [2.05, 4.69) is 44.3 Å². The molecule has 6 nitrogen and oxygen atoms in total. The van der Waals surface area contributed by atoms with E-state index in [4.69, 9.17) is 0 Å². The molecule has 0 aromatic carbocycles. The Bertz CT molecular complexity index is 465. The Morgan fingerprint density at radius 3 is 2.65 bits per heavy atom. The molecule has 0 atom stereocenters. The van der Waals surface area contributed by atoms with Gasteiger partial charge in [0.15, 0.2) is 0 Å². The van der Waals surface area contributed by atoms with Crippen molar-refractivity contribution >= 4 is 5.95 Å². The second-order valence-corrected chi connectivity index (χ2v) is 3.67. The molecule has 0 aliphatic carbocycles. The topological polar surface area (TPSA) is 79.4 Å². The van der Waals surface area contributed by atoms with Gasteiger partial charge >= 0.3 is 0 Å². The Morgan fingerprint density at radius 2 is 2.00 bits per heavy atom. The normalized spacial score (nSPS) is 10.5. The SMILES string of the molecule is CCc1nnc(NCc2cnc[nH]2)nc1CC. The van der Waals surface area contributed by atoms with Gasteiger partial charge in [0.2, 0.25) is 5.95 Å². The van der Waals surface area contributed by atoms with Crippen LogP contribution in [0.4, 0.5) is 5.95 Å². The summed E-state index contributed by atoms with van der Waals surface area (Å²) in [5.41, 5.74) is 2.97. The van der Waals surface area contributed by atoms with Crippen molar-refractivity contribution in [1.29, 1.82) is 0 Å². The third kappa shape index (κ3) is 2.77. The van der Waals surface area contributed by atoms with Gasteiger partial charge in [-0.25, -0.2) is 9.97 Å². The highest BCUT2D eigenvalue weighted by Crippen LogP contribution is 2.07. The maximum atomic E-state index is 4.44. The predicted octanol–water partition coefficient (Wildman–Crippen LogP) is 1.33. The van der Waals surface area contributed by atoms with Crippen LogP contribution in [-0.4, -0.2) is 25.1 Å². The first-order valence-corrected chi connectivity index (χ1v) is 5.77. The lowest BCUT2D eigenvalue weighted by Crippen LogP contribution is -2.09. The van der Waals surface area contributed by atoms with Crippen LogP contribution in [0.3, 0.4) is 0 Å². The fraction of sp³-hybridized carbons (Fsp3) is 0.455. The van der Waals surface area contributed by atoms with Gasteiger partial charge in [-0.05, 0) is 12.8 Å². The molecule has 0 aliphatic rings. The molecule has 0 saturated heterocycles. The largest absolute Gasteiger partial charge is 0.347 e. The molecule has 0 unspecified atom stereocenters. The van der Waals surface area contributed by atoms with E-state index in [0.29, 0.717) is 12.5 Å². The Labute approximate surface area is 99.9 Å². The fourth-order valence-electron chi connectivity index (χ4n) is 1.57. The van der Waals surface area contributed by atoms with Crippen LogP contribution in [-0.2, 0) is 19.4 Å². The number of aryl methyl sites for hydroxylation is 2.